The third kappa shape index (κ3) is 3.50. The first-order valence-corrected chi connectivity index (χ1v) is 10.7. The van der Waals surface area contributed by atoms with Crippen molar-refractivity contribution in [3.63, 3.8) is 0 Å². The summed E-state index contributed by atoms with van der Waals surface area (Å²) in [4.78, 5) is 22.3. The van der Waals surface area contributed by atoms with Crippen LogP contribution < -0.4 is 5.32 Å². The van der Waals surface area contributed by atoms with Gasteiger partial charge in [0.2, 0.25) is 0 Å². The van der Waals surface area contributed by atoms with Crippen LogP contribution in [0.25, 0.3) is 22.5 Å². The monoisotopic (exact) mass is 415 g/mol. The molecule has 3 aromatic heterocycles. The van der Waals surface area contributed by atoms with Gasteiger partial charge < -0.3 is 14.4 Å². The first kappa shape index (κ1) is 19.5. The summed E-state index contributed by atoms with van der Waals surface area (Å²) in [6.45, 7) is 6.90. The average Bonchev–Trinajstić information content (AvgIpc) is 3.37. The number of pyridine rings is 1. The lowest BCUT2D eigenvalue weighted by atomic mass is 10.0. The zero-order valence-electron chi connectivity index (χ0n) is 18.0. The molecule has 0 atom stereocenters. The molecule has 1 amide bonds. The van der Waals surface area contributed by atoms with Crippen LogP contribution in [0, 0.1) is 6.92 Å². The molecule has 1 aliphatic heterocycles. The number of carbonyl (C=O) groups is 1. The standard InChI is InChI=1S/C24H25N5O2/c1-14(2)20-12-19(21-15(3)28-31-24(21)27-20)23(30)26-17-9-7-16(8-10-17)22-25-13-18-6-4-5-11-29(18)22/h7-10,12-14H,4-6,11H2,1-3H3,(H,26,30). The average molecular weight is 415 g/mol. The van der Waals surface area contributed by atoms with Crippen LogP contribution in [-0.2, 0) is 13.0 Å². The zero-order valence-corrected chi connectivity index (χ0v) is 18.0. The Morgan fingerprint density at radius 1 is 1.19 bits per heavy atom. The van der Waals surface area contributed by atoms with Crippen molar-refractivity contribution in [2.75, 3.05) is 5.32 Å². The number of fused-ring (bicyclic) bond motifs is 2. The van der Waals surface area contributed by atoms with Gasteiger partial charge in [0.25, 0.3) is 11.6 Å². The van der Waals surface area contributed by atoms with Gasteiger partial charge in [0, 0.05) is 35.4 Å². The van der Waals surface area contributed by atoms with Crippen LogP contribution >= 0.6 is 0 Å². The molecule has 4 heterocycles. The van der Waals surface area contributed by atoms with Gasteiger partial charge in [-0.1, -0.05) is 19.0 Å². The predicted molar refractivity (Wildman–Crippen MR) is 119 cm³/mol. The Labute approximate surface area is 180 Å². The molecule has 0 bridgehead atoms. The maximum Gasteiger partial charge on any atom is 0.259 e. The van der Waals surface area contributed by atoms with Gasteiger partial charge in [0.05, 0.1) is 16.6 Å². The minimum absolute atomic E-state index is 0.168. The van der Waals surface area contributed by atoms with E-state index in [-0.39, 0.29) is 11.8 Å². The molecule has 5 rings (SSSR count). The second-order valence-electron chi connectivity index (χ2n) is 8.41. The van der Waals surface area contributed by atoms with Crippen LogP contribution in [0.1, 0.15) is 60.0 Å². The van der Waals surface area contributed by atoms with E-state index in [4.69, 9.17) is 4.52 Å². The van der Waals surface area contributed by atoms with Crippen LogP contribution in [0.4, 0.5) is 5.69 Å². The van der Waals surface area contributed by atoms with Crippen molar-refractivity contribution >= 4 is 22.7 Å². The quantitative estimate of drug-likeness (QED) is 0.501. The van der Waals surface area contributed by atoms with Crippen molar-refractivity contribution in [3.8, 4) is 11.4 Å². The molecule has 0 spiro atoms. The van der Waals surface area contributed by atoms with Crippen molar-refractivity contribution in [1.29, 1.82) is 0 Å². The molecule has 7 heteroatoms. The van der Waals surface area contributed by atoms with Crippen LogP contribution in [0.15, 0.2) is 41.1 Å². The number of nitrogens with zero attached hydrogens (tertiary/aromatic N) is 4. The van der Waals surface area contributed by atoms with E-state index in [1.165, 1.54) is 18.5 Å². The Kier molecular flexibility index (Phi) is 4.81. The van der Waals surface area contributed by atoms with E-state index in [1.807, 2.05) is 57.3 Å². The van der Waals surface area contributed by atoms with Crippen LogP contribution in [0.2, 0.25) is 0 Å². The highest BCUT2D eigenvalue weighted by atomic mass is 16.5. The number of benzene rings is 1. The van der Waals surface area contributed by atoms with E-state index < -0.39 is 0 Å². The molecule has 31 heavy (non-hydrogen) atoms. The maximum atomic E-state index is 13.1. The van der Waals surface area contributed by atoms with E-state index in [2.05, 4.69) is 25.0 Å². The molecule has 1 N–H and O–H groups in total. The summed E-state index contributed by atoms with van der Waals surface area (Å²) in [5.74, 6) is 0.956. The van der Waals surface area contributed by atoms with Gasteiger partial charge >= 0.3 is 0 Å². The maximum absolute atomic E-state index is 13.1. The molecular weight excluding hydrogens is 390 g/mol. The number of nitrogens with one attached hydrogen (secondary N) is 1. The predicted octanol–water partition coefficient (Wildman–Crippen LogP) is 5.11. The van der Waals surface area contributed by atoms with Crippen molar-refractivity contribution in [2.45, 2.75) is 52.5 Å². The highest BCUT2D eigenvalue weighted by molar-refractivity contribution is 6.12. The molecule has 0 radical (unpaired) electrons. The second kappa shape index (κ2) is 7.65. The lowest BCUT2D eigenvalue weighted by molar-refractivity contribution is 0.102. The van der Waals surface area contributed by atoms with Crippen molar-refractivity contribution in [3.05, 3.63) is 59.2 Å². The van der Waals surface area contributed by atoms with Gasteiger partial charge in [0.1, 0.15) is 5.82 Å². The molecule has 1 aliphatic rings. The summed E-state index contributed by atoms with van der Waals surface area (Å²) in [6, 6.07) is 9.68. The minimum Gasteiger partial charge on any atom is -0.336 e. The number of imidazole rings is 1. The Morgan fingerprint density at radius 3 is 2.77 bits per heavy atom. The van der Waals surface area contributed by atoms with Crippen molar-refractivity contribution < 1.29 is 9.32 Å². The van der Waals surface area contributed by atoms with Crippen LogP contribution in [0.5, 0.6) is 0 Å². The Hall–Kier alpha value is -3.48. The van der Waals surface area contributed by atoms with Gasteiger partial charge in [0.15, 0.2) is 0 Å². The first-order chi connectivity index (χ1) is 15.0. The second-order valence-corrected chi connectivity index (χ2v) is 8.41. The van der Waals surface area contributed by atoms with E-state index in [0.717, 1.165) is 35.7 Å². The van der Waals surface area contributed by atoms with Gasteiger partial charge in [-0.2, -0.15) is 0 Å². The normalized spacial score (nSPS) is 13.5. The van der Waals surface area contributed by atoms with E-state index in [0.29, 0.717) is 22.4 Å². The van der Waals surface area contributed by atoms with Crippen LogP contribution in [0.3, 0.4) is 0 Å². The Morgan fingerprint density at radius 2 is 2.00 bits per heavy atom. The molecule has 0 saturated heterocycles. The molecule has 1 aromatic carbocycles. The molecule has 7 nitrogen and oxygen atoms in total. The summed E-state index contributed by atoms with van der Waals surface area (Å²) < 4.78 is 7.63. The number of aromatic nitrogens is 4. The lowest BCUT2D eigenvalue weighted by Crippen LogP contribution is -2.14. The number of aryl methyl sites for hydroxylation is 2. The minimum atomic E-state index is -0.202. The first-order valence-electron chi connectivity index (χ1n) is 10.7. The number of hydrogen-bond acceptors (Lipinski definition) is 5. The molecule has 0 aliphatic carbocycles. The molecule has 0 saturated carbocycles. The zero-order chi connectivity index (χ0) is 21.5. The highest BCUT2D eigenvalue weighted by Crippen LogP contribution is 2.28. The molecule has 0 unspecified atom stereocenters. The number of anilines is 1. The smallest absolute Gasteiger partial charge is 0.259 e. The van der Waals surface area contributed by atoms with E-state index in [1.54, 1.807) is 0 Å². The largest absolute Gasteiger partial charge is 0.336 e. The summed E-state index contributed by atoms with van der Waals surface area (Å²) >= 11 is 0. The number of hydrogen-bond donors (Lipinski definition) is 1. The molecule has 4 aromatic rings. The van der Waals surface area contributed by atoms with Crippen molar-refractivity contribution in [2.24, 2.45) is 0 Å². The number of carbonyl (C=O) groups excluding carboxylic acids is 1. The van der Waals surface area contributed by atoms with Gasteiger partial charge in [-0.05, 0) is 62.4 Å². The molecule has 0 fully saturated rings. The molecular formula is C24H25N5O2. The lowest BCUT2D eigenvalue weighted by Gasteiger charge is -2.16. The fourth-order valence-corrected chi connectivity index (χ4v) is 4.16. The van der Waals surface area contributed by atoms with Gasteiger partial charge in [-0.3, -0.25) is 4.79 Å². The van der Waals surface area contributed by atoms with Gasteiger partial charge in [-0.15, -0.1) is 0 Å². The summed E-state index contributed by atoms with van der Waals surface area (Å²) in [6.07, 6.45) is 5.47. The fourth-order valence-electron chi connectivity index (χ4n) is 4.16. The number of rotatable bonds is 4. The summed E-state index contributed by atoms with van der Waals surface area (Å²) in [5, 5.41) is 7.65. The van der Waals surface area contributed by atoms with Crippen molar-refractivity contribution in [1.82, 2.24) is 19.7 Å². The van der Waals surface area contributed by atoms with Gasteiger partial charge in [-0.25, -0.2) is 9.97 Å². The topological polar surface area (TPSA) is 85.8 Å². The third-order valence-electron chi connectivity index (χ3n) is 5.88. The molecule has 158 valence electrons. The van der Waals surface area contributed by atoms with Crippen LogP contribution in [-0.4, -0.2) is 25.6 Å². The fraction of sp³-hybridized carbons (Fsp3) is 0.333. The summed E-state index contributed by atoms with van der Waals surface area (Å²) in [5.41, 5.74) is 5.45. The van der Waals surface area contributed by atoms with E-state index >= 15 is 0 Å². The number of amides is 1. The Balaban J connectivity index is 1.43. The summed E-state index contributed by atoms with van der Waals surface area (Å²) in [7, 11) is 0. The van der Waals surface area contributed by atoms with E-state index in [9.17, 15) is 4.79 Å². The Bertz CT molecular complexity index is 1270. The third-order valence-corrected chi connectivity index (χ3v) is 5.88. The highest BCUT2D eigenvalue weighted by Gasteiger charge is 2.20. The SMILES string of the molecule is Cc1noc2nc(C(C)C)cc(C(=O)Nc3ccc(-c4ncc5n4CCCC5)cc3)c12.